The van der Waals surface area contributed by atoms with E-state index < -0.39 is 5.41 Å². The van der Waals surface area contributed by atoms with Gasteiger partial charge in [0.1, 0.15) is 0 Å². The number of carbonyl (C=O) groups is 1. The van der Waals surface area contributed by atoms with Crippen LogP contribution in [-0.4, -0.2) is 31.6 Å². The Morgan fingerprint density at radius 3 is 2.64 bits per heavy atom. The van der Waals surface area contributed by atoms with Crippen LogP contribution in [0.1, 0.15) is 19.3 Å². The highest BCUT2D eigenvalue weighted by Crippen LogP contribution is 2.48. The fraction of sp³-hybridized carbons (Fsp3) is 0.900. The van der Waals surface area contributed by atoms with Crippen LogP contribution in [0.25, 0.3) is 0 Å². The molecule has 1 fully saturated rings. The molecule has 0 heterocycles. The Labute approximate surface area is 89.8 Å². The first-order valence-electron chi connectivity index (χ1n) is 4.98. The molecule has 82 valence electrons. The Bertz CT molecular complexity index is 206. The summed E-state index contributed by atoms with van der Waals surface area (Å²) in [5.41, 5.74) is 5.36. The van der Waals surface area contributed by atoms with Crippen molar-refractivity contribution in [3.8, 4) is 0 Å². The molecule has 0 saturated heterocycles. The van der Waals surface area contributed by atoms with Gasteiger partial charge in [-0.3, -0.25) is 4.79 Å². The molecule has 14 heavy (non-hydrogen) atoms. The SMILES string of the molecule is COC(=O)C(CN)(CCSC)C1CC1. The molecule has 1 unspecified atom stereocenters. The number of methoxy groups -OCH3 is 1. The van der Waals surface area contributed by atoms with Gasteiger partial charge in [0.2, 0.25) is 0 Å². The van der Waals surface area contributed by atoms with Crippen LogP contribution in [0.5, 0.6) is 0 Å². The van der Waals surface area contributed by atoms with Crippen LogP contribution >= 0.6 is 11.8 Å². The summed E-state index contributed by atoms with van der Waals surface area (Å²) in [6, 6.07) is 0. The molecule has 0 aromatic heterocycles. The van der Waals surface area contributed by atoms with E-state index in [4.69, 9.17) is 10.5 Å². The quantitative estimate of drug-likeness (QED) is 0.681. The Morgan fingerprint density at radius 2 is 2.29 bits per heavy atom. The van der Waals surface area contributed by atoms with Gasteiger partial charge < -0.3 is 10.5 Å². The minimum atomic E-state index is -0.391. The van der Waals surface area contributed by atoms with E-state index in [2.05, 4.69) is 0 Å². The third-order valence-corrected chi connectivity index (χ3v) is 3.68. The summed E-state index contributed by atoms with van der Waals surface area (Å²) in [5.74, 6) is 1.33. The van der Waals surface area contributed by atoms with Crippen molar-refractivity contribution in [1.82, 2.24) is 0 Å². The maximum atomic E-state index is 11.7. The molecule has 1 aliphatic carbocycles. The number of hydrogen-bond donors (Lipinski definition) is 1. The first-order valence-corrected chi connectivity index (χ1v) is 6.38. The average molecular weight is 217 g/mol. The number of thioether (sulfide) groups is 1. The van der Waals surface area contributed by atoms with Gasteiger partial charge in [-0.1, -0.05) is 0 Å². The Hall–Kier alpha value is -0.220. The molecule has 2 N–H and O–H groups in total. The number of carbonyl (C=O) groups excluding carboxylic acids is 1. The van der Waals surface area contributed by atoms with Crippen LogP contribution in [0.2, 0.25) is 0 Å². The summed E-state index contributed by atoms with van der Waals surface area (Å²) in [6.45, 7) is 0.422. The smallest absolute Gasteiger partial charge is 0.313 e. The van der Waals surface area contributed by atoms with Crippen molar-refractivity contribution in [2.75, 3.05) is 25.7 Å². The lowest BCUT2D eigenvalue weighted by molar-refractivity contribution is -0.153. The molecule has 0 aromatic rings. The summed E-state index contributed by atoms with van der Waals surface area (Å²) in [5, 5.41) is 0. The topological polar surface area (TPSA) is 52.3 Å². The molecule has 1 aliphatic rings. The lowest BCUT2D eigenvalue weighted by Crippen LogP contribution is -2.42. The third-order valence-electron chi connectivity index (χ3n) is 3.07. The normalized spacial score (nSPS) is 20.2. The largest absolute Gasteiger partial charge is 0.469 e. The van der Waals surface area contributed by atoms with Crippen molar-refractivity contribution in [1.29, 1.82) is 0 Å². The van der Waals surface area contributed by atoms with Crippen LogP contribution in [0.3, 0.4) is 0 Å². The summed E-state index contributed by atoms with van der Waals surface area (Å²) in [4.78, 5) is 11.7. The van der Waals surface area contributed by atoms with E-state index in [0.29, 0.717) is 12.5 Å². The molecule has 1 rings (SSSR count). The zero-order chi connectivity index (χ0) is 10.6. The van der Waals surface area contributed by atoms with Gasteiger partial charge in [0, 0.05) is 6.54 Å². The van der Waals surface area contributed by atoms with Gasteiger partial charge in [0.25, 0.3) is 0 Å². The Kier molecular flexibility index (Phi) is 4.26. The molecule has 1 saturated carbocycles. The van der Waals surface area contributed by atoms with Crippen LogP contribution < -0.4 is 5.73 Å². The second-order valence-electron chi connectivity index (χ2n) is 3.87. The summed E-state index contributed by atoms with van der Waals surface area (Å²) < 4.78 is 4.88. The molecule has 0 bridgehead atoms. The van der Waals surface area contributed by atoms with Crippen LogP contribution in [0, 0.1) is 11.3 Å². The molecule has 4 heteroatoms. The molecule has 3 nitrogen and oxygen atoms in total. The molecule has 1 atom stereocenters. The Balaban J connectivity index is 2.69. The van der Waals surface area contributed by atoms with Crippen molar-refractivity contribution < 1.29 is 9.53 Å². The molecule has 0 amide bonds. The zero-order valence-electron chi connectivity index (χ0n) is 8.91. The first kappa shape index (κ1) is 11.9. The third kappa shape index (κ3) is 2.23. The zero-order valence-corrected chi connectivity index (χ0v) is 9.73. The predicted octanol–water partition coefficient (Wildman–Crippen LogP) is 1.27. The second kappa shape index (κ2) is 5.03. The summed E-state index contributed by atoms with van der Waals surface area (Å²) >= 11 is 1.75. The summed E-state index contributed by atoms with van der Waals surface area (Å²) in [7, 11) is 1.45. The molecule has 0 radical (unpaired) electrons. The van der Waals surface area contributed by atoms with Crippen LogP contribution in [0.4, 0.5) is 0 Å². The minimum absolute atomic E-state index is 0.114. The molecule has 0 aromatic carbocycles. The van der Waals surface area contributed by atoms with Gasteiger partial charge in [-0.2, -0.15) is 11.8 Å². The minimum Gasteiger partial charge on any atom is -0.469 e. The lowest BCUT2D eigenvalue weighted by atomic mass is 9.80. The van der Waals surface area contributed by atoms with E-state index in [9.17, 15) is 4.79 Å². The molecule has 0 aliphatic heterocycles. The summed E-state index contributed by atoms with van der Waals surface area (Å²) in [6.07, 6.45) is 5.15. The van der Waals surface area contributed by atoms with Crippen molar-refractivity contribution in [2.24, 2.45) is 17.1 Å². The molecular weight excluding hydrogens is 198 g/mol. The average Bonchev–Trinajstić information content (AvgIpc) is 3.03. The van der Waals surface area contributed by atoms with Gasteiger partial charge in [0.05, 0.1) is 12.5 Å². The van der Waals surface area contributed by atoms with E-state index in [-0.39, 0.29) is 5.97 Å². The maximum absolute atomic E-state index is 11.7. The van der Waals surface area contributed by atoms with Gasteiger partial charge in [-0.25, -0.2) is 0 Å². The maximum Gasteiger partial charge on any atom is 0.313 e. The van der Waals surface area contributed by atoms with Crippen molar-refractivity contribution in [3.05, 3.63) is 0 Å². The number of ether oxygens (including phenoxy) is 1. The lowest BCUT2D eigenvalue weighted by Gasteiger charge is -2.29. The standard InChI is InChI=1S/C10H19NO2S/c1-13-9(12)10(7-11,5-6-14-2)8-3-4-8/h8H,3-7,11H2,1-2H3. The van der Waals surface area contributed by atoms with E-state index in [1.54, 1.807) is 11.8 Å². The highest BCUT2D eigenvalue weighted by Gasteiger charge is 2.50. The van der Waals surface area contributed by atoms with Gasteiger partial charge >= 0.3 is 5.97 Å². The fourth-order valence-corrected chi connectivity index (χ4v) is 2.52. The van der Waals surface area contributed by atoms with Gasteiger partial charge in [-0.15, -0.1) is 0 Å². The first-order chi connectivity index (χ1) is 6.71. The number of esters is 1. The monoisotopic (exact) mass is 217 g/mol. The van der Waals surface area contributed by atoms with Gasteiger partial charge in [-0.05, 0) is 37.2 Å². The van der Waals surface area contributed by atoms with Gasteiger partial charge in [0.15, 0.2) is 0 Å². The number of rotatable bonds is 6. The van der Waals surface area contributed by atoms with Crippen molar-refractivity contribution >= 4 is 17.7 Å². The Morgan fingerprint density at radius 1 is 1.64 bits per heavy atom. The number of hydrogen-bond acceptors (Lipinski definition) is 4. The highest BCUT2D eigenvalue weighted by molar-refractivity contribution is 7.98. The van der Waals surface area contributed by atoms with Crippen molar-refractivity contribution in [3.63, 3.8) is 0 Å². The van der Waals surface area contributed by atoms with E-state index >= 15 is 0 Å². The highest BCUT2D eigenvalue weighted by atomic mass is 32.2. The van der Waals surface area contributed by atoms with Crippen LogP contribution in [0.15, 0.2) is 0 Å². The number of nitrogens with two attached hydrogens (primary N) is 1. The second-order valence-corrected chi connectivity index (χ2v) is 4.85. The fourth-order valence-electron chi connectivity index (χ4n) is 1.95. The van der Waals surface area contributed by atoms with E-state index in [1.165, 1.54) is 7.11 Å². The predicted molar refractivity (Wildman–Crippen MR) is 59.2 cm³/mol. The molecular formula is C10H19NO2S. The molecule has 0 spiro atoms. The van der Waals surface area contributed by atoms with E-state index in [0.717, 1.165) is 25.0 Å². The van der Waals surface area contributed by atoms with Crippen LogP contribution in [-0.2, 0) is 9.53 Å². The van der Waals surface area contributed by atoms with E-state index in [1.807, 2.05) is 6.26 Å². The van der Waals surface area contributed by atoms with Crippen molar-refractivity contribution in [2.45, 2.75) is 19.3 Å².